The fraction of sp³-hybridized carbons (Fsp3) is 0.333. The lowest BCUT2D eigenvalue weighted by Gasteiger charge is -2.30. The molecule has 1 aromatic heterocycles. The summed E-state index contributed by atoms with van der Waals surface area (Å²) < 4.78 is 11.8. The van der Waals surface area contributed by atoms with Crippen molar-refractivity contribution in [2.24, 2.45) is 5.92 Å². The molecule has 2 aromatic carbocycles. The molecule has 0 aliphatic heterocycles. The van der Waals surface area contributed by atoms with Crippen molar-refractivity contribution in [2.45, 2.75) is 25.8 Å². The number of carbonyl (C=O) groups is 1. The minimum atomic E-state index is 0.101. The van der Waals surface area contributed by atoms with Gasteiger partial charge in [-0.25, -0.2) is 4.98 Å². The van der Waals surface area contributed by atoms with E-state index < -0.39 is 0 Å². The van der Waals surface area contributed by atoms with E-state index in [0.717, 1.165) is 40.8 Å². The highest BCUT2D eigenvalue weighted by Crippen LogP contribution is 2.41. The van der Waals surface area contributed by atoms with Crippen molar-refractivity contribution < 1.29 is 14.3 Å². The molecule has 3 aromatic rings. The minimum Gasteiger partial charge on any atom is -0.495 e. The molecule has 1 saturated carbocycles. The molecule has 27 heavy (non-hydrogen) atoms. The number of thiazole rings is 1. The van der Waals surface area contributed by atoms with E-state index in [1.165, 1.54) is 11.3 Å². The Bertz CT molecular complexity index is 910. The molecule has 6 heteroatoms. The highest BCUT2D eigenvalue weighted by Gasteiger charge is 2.32. The van der Waals surface area contributed by atoms with Gasteiger partial charge in [-0.3, -0.25) is 9.69 Å². The first-order valence-corrected chi connectivity index (χ1v) is 9.89. The van der Waals surface area contributed by atoms with Gasteiger partial charge < -0.3 is 9.47 Å². The van der Waals surface area contributed by atoms with Crippen molar-refractivity contribution in [2.75, 3.05) is 19.1 Å². The molecule has 0 saturated heterocycles. The molecule has 0 spiro atoms. The van der Waals surface area contributed by atoms with Crippen LogP contribution in [0.25, 0.3) is 10.2 Å². The van der Waals surface area contributed by atoms with Crippen molar-refractivity contribution in [3.8, 4) is 11.5 Å². The molecule has 0 unspecified atom stereocenters. The lowest BCUT2D eigenvalue weighted by atomic mass is 9.84. The average Bonchev–Trinajstić information content (AvgIpc) is 3.09. The van der Waals surface area contributed by atoms with E-state index in [2.05, 4.69) is 0 Å². The van der Waals surface area contributed by atoms with Crippen LogP contribution < -0.4 is 14.4 Å². The largest absolute Gasteiger partial charge is 0.495 e. The van der Waals surface area contributed by atoms with E-state index in [9.17, 15) is 4.79 Å². The summed E-state index contributed by atoms with van der Waals surface area (Å²) in [4.78, 5) is 19.7. The van der Waals surface area contributed by atoms with Gasteiger partial charge in [0.2, 0.25) is 5.91 Å². The van der Waals surface area contributed by atoms with Gasteiger partial charge >= 0.3 is 0 Å². The maximum absolute atomic E-state index is 13.1. The van der Waals surface area contributed by atoms with Crippen LogP contribution in [0, 0.1) is 5.92 Å². The number of ether oxygens (including phenoxy) is 2. The molecule has 0 N–H and O–H groups in total. The molecule has 1 amide bonds. The zero-order valence-electron chi connectivity index (χ0n) is 15.5. The molecule has 4 rings (SSSR count). The van der Waals surface area contributed by atoms with E-state index >= 15 is 0 Å². The van der Waals surface area contributed by atoms with Crippen molar-refractivity contribution in [3.63, 3.8) is 0 Å². The zero-order chi connectivity index (χ0) is 18.8. The molecule has 0 bridgehead atoms. The molecule has 1 aliphatic rings. The van der Waals surface area contributed by atoms with Crippen LogP contribution in [0.15, 0.2) is 42.5 Å². The summed E-state index contributed by atoms with van der Waals surface area (Å²) in [5.41, 5.74) is 1.82. The summed E-state index contributed by atoms with van der Waals surface area (Å²) in [5.74, 6) is 1.68. The van der Waals surface area contributed by atoms with Crippen molar-refractivity contribution in [1.82, 2.24) is 4.98 Å². The Morgan fingerprint density at radius 3 is 2.44 bits per heavy atom. The summed E-state index contributed by atoms with van der Waals surface area (Å²) in [7, 11) is 3.27. The number of nitrogens with zero attached hydrogens (tertiary/aromatic N) is 2. The number of hydrogen-bond donors (Lipinski definition) is 0. The lowest BCUT2D eigenvalue weighted by molar-refractivity contribution is -0.124. The smallest absolute Gasteiger partial charge is 0.232 e. The van der Waals surface area contributed by atoms with E-state index in [-0.39, 0.29) is 11.8 Å². The fourth-order valence-electron chi connectivity index (χ4n) is 3.27. The maximum atomic E-state index is 13.1. The summed E-state index contributed by atoms with van der Waals surface area (Å²) in [6, 6.07) is 13.8. The van der Waals surface area contributed by atoms with Gasteiger partial charge in [0.05, 0.1) is 20.8 Å². The number of benzene rings is 2. The third-order valence-electron chi connectivity index (χ3n) is 5.03. The number of anilines is 1. The van der Waals surface area contributed by atoms with Crippen LogP contribution in [-0.2, 0) is 11.3 Å². The number of carbonyl (C=O) groups excluding carboxylic acids is 1. The molecule has 0 atom stereocenters. The first kappa shape index (κ1) is 17.8. The van der Waals surface area contributed by atoms with Crippen LogP contribution in [0.1, 0.15) is 24.8 Å². The Morgan fingerprint density at radius 2 is 1.81 bits per heavy atom. The second kappa shape index (κ2) is 7.56. The molecular formula is C21H22N2O3S. The molecule has 1 fully saturated rings. The SMILES string of the molecule is COc1ccc(OC)c2sc(N(Cc3ccccc3)C(=O)C3CCC3)nc12. The Kier molecular flexibility index (Phi) is 4.99. The lowest BCUT2D eigenvalue weighted by Crippen LogP contribution is -2.38. The maximum Gasteiger partial charge on any atom is 0.232 e. The monoisotopic (exact) mass is 382 g/mol. The highest BCUT2D eigenvalue weighted by atomic mass is 32.1. The van der Waals surface area contributed by atoms with E-state index in [0.29, 0.717) is 17.4 Å². The van der Waals surface area contributed by atoms with Gasteiger partial charge in [0.15, 0.2) is 5.13 Å². The number of rotatable bonds is 6. The molecule has 1 aliphatic carbocycles. The van der Waals surface area contributed by atoms with Gasteiger partial charge in [0, 0.05) is 5.92 Å². The van der Waals surface area contributed by atoms with Crippen molar-refractivity contribution in [1.29, 1.82) is 0 Å². The Labute approximate surface area is 162 Å². The first-order chi connectivity index (χ1) is 13.2. The number of aromatic nitrogens is 1. The number of amides is 1. The minimum absolute atomic E-state index is 0.101. The second-order valence-corrected chi connectivity index (χ2v) is 7.66. The Balaban J connectivity index is 1.77. The summed E-state index contributed by atoms with van der Waals surface area (Å²) in [5, 5.41) is 0.688. The molecule has 5 nitrogen and oxygen atoms in total. The van der Waals surface area contributed by atoms with Crippen LogP contribution in [0.5, 0.6) is 11.5 Å². The van der Waals surface area contributed by atoms with Crippen LogP contribution in [0.4, 0.5) is 5.13 Å². The van der Waals surface area contributed by atoms with Crippen molar-refractivity contribution in [3.05, 3.63) is 48.0 Å². The predicted molar refractivity (Wildman–Crippen MR) is 108 cm³/mol. The Morgan fingerprint density at radius 1 is 1.11 bits per heavy atom. The van der Waals surface area contributed by atoms with Gasteiger partial charge in [-0.1, -0.05) is 48.1 Å². The quantitative estimate of drug-likeness (QED) is 0.623. The van der Waals surface area contributed by atoms with Crippen LogP contribution in [-0.4, -0.2) is 25.1 Å². The summed E-state index contributed by atoms with van der Waals surface area (Å²) >= 11 is 1.47. The van der Waals surface area contributed by atoms with Gasteiger partial charge in [-0.15, -0.1) is 0 Å². The number of hydrogen-bond acceptors (Lipinski definition) is 5. The topological polar surface area (TPSA) is 51.7 Å². The van der Waals surface area contributed by atoms with Gasteiger partial charge in [-0.2, -0.15) is 0 Å². The fourth-order valence-corrected chi connectivity index (χ4v) is 4.35. The molecule has 0 radical (unpaired) electrons. The molecular weight excluding hydrogens is 360 g/mol. The summed E-state index contributed by atoms with van der Waals surface area (Å²) in [6.45, 7) is 0.515. The summed E-state index contributed by atoms with van der Waals surface area (Å²) in [6.07, 6.45) is 3.04. The van der Waals surface area contributed by atoms with Gasteiger partial charge in [0.25, 0.3) is 0 Å². The molecule has 1 heterocycles. The third-order valence-corrected chi connectivity index (χ3v) is 6.13. The van der Waals surface area contributed by atoms with Gasteiger partial charge in [0.1, 0.15) is 21.7 Å². The third kappa shape index (κ3) is 3.37. The van der Waals surface area contributed by atoms with E-state index in [1.807, 2.05) is 47.4 Å². The van der Waals surface area contributed by atoms with E-state index in [1.54, 1.807) is 14.2 Å². The standard InChI is InChI=1S/C21H22N2O3S/c1-25-16-11-12-17(26-2)19-18(16)22-21(27-19)23(20(24)15-9-6-10-15)13-14-7-4-3-5-8-14/h3-5,7-8,11-12,15H,6,9-10,13H2,1-2H3. The average molecular weight is 382 g/mol. The zero-order valence-corrected chi connectivity index (χ0v) is 16.3. The predicted octanol–water partition coefficient (Wildman–Crippen LogP) is 4.65. The van der Waals surface area contributed by atoms with Gasteiger partial charge in [-0.05, 0) is 30.5 Å². The highest BCUT2D eigenvalue weighted by molar-refractivity contribution is 7.22. The molecule has 140 valence electrons. The Hall–Kier alpha value is -2.60. The van der Waals surface area contributed by atoms with Crippen LogP contribution in [0.2, 0.25) is 0 Å². The van der Waals surface area contributed by atoms with Crippen molar-refractivity contribution >= 4 is 32.6 Å². The first-order valence-electron chi connectivity index (χ1n) is 9.08. The normalized spacial score (nSPS) is 14.0. The van der Waals surface area contributed by atoms with Crippen LogP contribution in [0.3, 0.4) is 0 Å². The van der Waals surface area contributed by atoms with E-state index in [4.69, 9.17) is 14.5 Å². The second-order valence-electron chi connectivity index (χ2n) is 6.68. The number of fused-ring (bicyclic) bond motifs is 1. The van der Waals surface area contributed by atoms with Crippen LogP contribution >= 0.6 is 11.3 Å². The number of methoxy groups -OCH3 is 2.